The van der Waals surface area contributed by atoms with E-state index >= 15 is 0 Å². The fraction of sp³-hybridized carbons (Fsp3) is 0.417. The molecule has 1 aromatic carbocycles. The minimum Gasteiger partial charge on any atom is -0.389 e. The molecule has 100 valence electrons. The second-order valence-corrected chi connectivity index (χ2v) is 5.23. The molecule has 0 aliphatic heterocycles. The van der Waals surface area contributed by atoms with Crippen LogP contribution in [0.4, 0.5) is 14.5 Å². The third-order valence-electron chi connectivity index (χ3n) is 2.40. The molecule has 0 aliphatic rings. The molecule has 0 saturated heterocycles. The Balaban J connectivity index is 2.63. The molecule has 0 saturated carbocycles. The highest BCUT2D eigenvalue weighted by Gasteiger charge is 2.11. The van der Waals surface area contributed by atoms with Crippen LogP contribution in [0.2, 0.25) is 0 Å². The molecule has 0 aromatic heterocycles. The first-order valence-corrected chi connectivity index (χ1v) is 7.38. The van der Waals surface area contributed by atoms with E-state index in [1.807, 2.05) is 6.26 Å². The van der Waals surface area contributed by atoms with Gasteiger partial charge in [-0.1, -0.05) is 12.2 Å². The molecule has 0 radical (unpaired) electrons. The van der Waals surface area contributed by atoms with E-state index in [1.54, 1.807) is 11.8 Å². The molecular weight excluding hydrogens is 274 g/mol. The first-order valence-electron chi connectivity index (χ1n) is 5.58. The standard InChI is InChI=1S/C12H16F2N2S2/c1-18-5-3-2-4-16-11-9(13)6-8(12(15)17)7-10(11)14/h6-7,16H,2-5H2,1H3,(H2,15,17). The van der Waals surface area contributed by atoms with Crippen LogP contribution in [0, 0.1) is 11.6 Å². The number of nitrogens with one attached hydrogen (secondary N) is 1. The molecule has 1 aromatic rings. The van der Waals surface area contributed by atoms with E-state index < -0.39 is 11.6 Å². The summed E-state index contributed by atoms with van der Waals surface area (Å²) in [6.45, 7) is 0.542. The van der Waals surface area contributed by atoms with Crippen LogP contribution in [0.25, 0.3) is 0 Å². The highest BCUT2D eigenvalue weighted by Crippen LogP contribution is 2.21. The summed E-state index contributed by atoms with van der Waals surface area (Å²) in [5, 5.41) is 2.76. The van der Waals surface area contributed by atoms with Gasteiger partial charge in [-0.2, -0.15) is 11.8 Å². The monoisotopic (exact) mass is 290 g/mol. The summed E-state index contributed by atoms with van der Waals surface area (Å²) in [7, 11) is 0. The van der Waals surface area contributed by atoms with Crippen LogP contribution >= 0.6 is 24.0 Å². The van der Waals surface area contributed by atoms with Crippen LogP contribution in [0.5, 0.6) is 0 Å². The molecular formula is C12H16F2N2S2. The Morgan fingerprint density at radius 1 is 1.33 bits per heavy atom. The Kier molecular flexibility index (Phi) is 6.35. The van der Waals surface area contributed by atoms with Crippen molar-refractivity contribution in [2.45, 2.75) is 12.8 Å². The van der Waals surface area contributed by atoms with Crippen molar-refractivity contribution in [1.29, 1.82) is 0 Å². The van der Waals surface area contributed by atoms with Gasteiger partial charge in [0.05, 0.1) is 0 Å². The number of unbranched alkanes of at least 4 members (excludes halogenated alkanes) is 1. The Morgan fingerprint density at radius 3 is 2.44 bits per heavy atom. The van der Waals surface area contributed by atoms with Crippen molar-refractivity contribution in [1.82, 2.24) is 0 Å². The lowest BCUT2D eigenvalue weighted by molar-refractivity contribution is 0.587. The third-order valence-corrected chi connectivity index (χ3v) is 3.34. The average Bonchev–Trinajstić information content (AvgIpc) is 2.31. The van der Waals surface area contributed by atoms with Crippen molar-refractivity contribution in [2.24, 2.45) is 5.73 Å². The molecule has 1 rings (SSSR count). The molecule has 0 heterocycles. The lowest BCUT2D eigenvalue weighted by atomic mass is 10.2. The molecule has 6 heteroatoms. The van der Waals surface area contributed by atoms with Gasteiger partial charge in [-0.05, 0) is 37.0 Å². The Morgan fingerprint density at radius 2 is 1.94 bits per heavy atom. The first kappa shape index (κ1) is 15.2. The van der Waals surface area contributed by atoms with Crippen molar-refractivity contribution in [3.63, 3.8) is 0 Å². The number of hydrogen-bond acceptors (Lipinski definition) is 3. The molecule has 2 nitrogen and oxygen atoms in total. The van der Waals surface area contributed by atoms with E-state index in [2.05, 4.69) is 17.5 Å². The quantitative estimate of drug-likeness (QED) is 0.597. The van der Waals surface area contributed by atoms with Crippen LogP contribution in [-0.2, 0) is 0 Å². The largest absolute Gasteiger partial charge is 0.389 e. The van der Waals surface area contributed by atoms with Crippen LogP contribution < -0.4 is 11.1 Å². The fourth-order valence-corrected chi connectivity index (χ4v) is 2.08. The van der Waals surface area contributed by atoms with Crippen LogP contribution in [0.3, 0.4) is 0 Å². The Labute approximate surface area is 115 Å². The van der Waals surface area contributed by atoms with Gasteiger partial charge in [0.1, 0.15) is 22.3 Å². The van der Waals surface area contributed by atoms with E-state index in [4.69, 9.17) is 5.73 Å². The molecule has 0 atom stereocenters. The van der Waals surface area contributed by atoms with Gasteiger partial charge in [0, 0.05) is 12.1 Å². The maximum absolute atomic E-state index is 13.6. The van der Waals surface area contributed by atoms with Gasteiger partial charge < -0.3 is 11.1 Å². The van der Waals surface area contributed by atoms with Gasteiger partial charge in [-0.25, -0.2) is 8.78 Å². The predicted octanol–water partition coefficient (Wildman–Crippen LogP) is 3.15. The second-order valence-electron chi connectivity index (χ2n) is 3.81. The third kappa shape index (κ3) is 4.42. The van der Waals surface area contributed by atoms with E-state index in [9.17, 15) is 8.78 Å². The Hall–Kier alpha value is -0.880. The zero-order chi connectivity index (χ0) is 13.5. The SMILES string of the molecule is CSCCCCNc1c(F)cc(C(N)=S)cc1F. The number of benzene rings is 1. The summed E-state index contributed by atoms with van der Waals surface area (Å²) in [5.74, 6) is -0.280. The van der Waals surface area contributed by atoms with Crippen molar-refractivity contribution in [3.05, 3.63) is 29.3 Å². The fourth-order valence-electron chi connectivity index (χ4n) is 1.47. The number of thioether (sulfide) groups is 1. The van der Waals surface area contributed by atoms with Crippen molar-refractivity contribution < 1.29 is 8.78 Å². The van der Waals surface area contributed by atoms with Gasteiger partial charge in [0.25, 0.3) is 0 Å². The zero-order valence-corrected chi connectivity index (χ0v) is 11.8. The summed E-state index contributed by atoms with van der Waals surface area (Å²) < 4.78 is 27.2. The van der Waals surface area contributed by atoms with E-state index in [0.717, 1.165) is 30.7 Å². The summed E-state index contributed by atoms with van der Waals surface area (Å²) in [4.78, 5) is -0.0145. The van der Waals surface area contributed by atoms with Crippen molar-refractivity contribution >= 4 is 34.7 Å². The summed E-state index contributed by atoms with van der Waals surface area (Å²) >= 11 is 6.44. The van der Waals surface area contributed by atoms with Gasteiger partial charge in [0.2, 0.25) is 0 Å². The lowest BCUT2D eigenvalue weighted by Crippen LogP contribution is -2.12. The molecule has 0 fully saturated rings. The maximum Gasteiger partial charge on any atom is 0.150 e. The van der Waals surface area contributed by atoms with Crippen LogP contribution in [-0.4, -0.2) is 23.5 Å². The van der Waals surface area contributed by atoms with Crippen LogP contribution in [0.1, 0.15) is 18.4 Å². The Bertz CT molecular complexity index is 402. The molecule has 0 bridgehead atoms. The molecule has 0 amide bonds. The van der Waals surface area contributed by atoms with E-state index in [1.165, 1.54) is 0 Å². The zero-order valence-electron chi connectivity index (χ0n) is 10.1. The molecule has 0 aliphatic carbocycles. The summed E-state index contributed by atoms with van der Waals surface area (Å²) in [5.41, 5.74) is 5.42. The van der Waals surface area contributed by atoms with Gasteiger partial charge in [-0.3, -0.25) is 0 Å². The molecule has 3 N–H and O–H groups in total. The molecule has 0 spiro atoms. The minimum absolute atomic E-state index is 0.0145. The smallest absolute Gasteiger partial charge is 0.150 e. The van der Waals surface area contributed by atoms with Gasteiger partial charge >= 0.3 is 0 Å². The predicted molar refractivity (Wildman–Crippen MR) is 78.4 cm³/mol. The topological polar surface area (TPSA) is 38.0 Å². The minimum atomic E-state index is -0.664. The molecule has 0 unspecified atom stereocenters. The van der Waals surface area contributed by atoms with Gasteiger partial charge in [0.15, 0.2) is 0 Å². The number of hydrogen-bond donors (Lipinski definition) is 2. The van der Waals surface area contributed by atoms with Crippen molar-refractivity contribution in [3.8, 4) is 0 Å². The first-order chi connectivity index (χ1) is 8.56. The maximum atomic E-state index is 13.6. The van der Waals surface area contributed by atoms with Crippen LogP contribution in [0.15, 0.2) is 12.1 Å². The number of rotatable bonds is 7. The highest BCUT2D eigenvalue weighted by atomic mass is 32.2. The summed E-state index contributed by atoms with van der Waals surface area (Å²) in [6.07, 6.45) is 3.92. The van der Waals surface area contributed by atoms with Gasteiger partial charge in [-0.15, -0.1) is 0 Å². The summed E-state index contributed by atoms with van der Waals surface area (Å²) in [6, 6.07) is 2.30. The number of anilines is 1. The number of thiocarbonyl (C=S) groups is 1. The van der Waals surface area contributed by atoms with E-state index in [0.29, 0.717) is 6.54 Å². The molecule has 18 heavy (non-hydrogen) atoms. The highest BCUT2D eigenvalue weighted by molar-refractivity contribution is 7.98. The van der Waals surface area contributed by atoms with E-state index in [-0.39, 0.29) is 16.2 Å². The average molecular weight is 290 g/mol. The normalized spacial score (nSPS) is 10.4. The lowest BCUT2D eigenvalue weighted by Gasteiger charge is -2.10. The van der Waals surface area contributed by atoms with Crippen molar-refractivity contribution in [2.75, 3.05) is 23.9 Å². The number of halogens is 2. The number of nitrogens with two attached hydrogens (primary N) is 1. The second kappa shape index (κ2) is 7.53.